The standard InChI is InChI=1S/C10H17N3O3/c1-6-7(2)13-16-10(6)12-9(14)4-8(5-11)15-3/h8H,4-5,11H2,1-3H3,(H,12,14). The van der Waals surface area contributed by atoms with Crippen LogP contribution in [0.1, 0.15) is 17.7 Å². The van der Waals surface area contributed by atoms with E-state index in [0.717, 1.165) is 11.3 Å². The van der Waals surface area contributed by atoms with Crippen LogP contribution in [-0.2, 0) is 9.53 Å². The van der Waals surface area contributed by atoms with Crippen LogP contribution in [0.15, 0.2) is 4.52 Å². The Morgan fingerprint density at radius 3 is 2.75 bits per heavy atom. The summed E-state index contributed by atoms with van der Waals surface area (Å²) in [5.74, 6) is 0.186. The van der Waals surface area contributed by atoms with Crippen molar-refractivity contribution in [2.45, 2.75) is 26.4 Å². The summed E-state index contributed by atoms with van der Waals surface area (Å²) in [7, 11) is 1.52. The van der Waals surface area contributed by atoms with Gasteiger partial charge in [-0.3, -0.25) is 10.1 Å². The molecule has 0 bridgehead atoms. The third-order valence-electron chi connectivity index (χ3n) is 2.42. The minimum atomic E-state index is -0.274. The minimum Gasteiger partial charge on any atom is -0.380 e. The molecule has 1 amide bonds. The predicted octanol–water partition coefficient (Wildman–Crippen LogP) is 0.594. The monoisotopic (exact) mass is 227 g/mol. The van der Waals surface area contributed by atoms with E-state index in [9.17, 15) is 4.79 Å². The van der Waals surface area contributed by atoms with Gasteiger partial charge in [-0.1, -0.05) is 5.16 Å². The van der Waals surface area contributed by atoms with Crippen LogP contribution >= 0.6 is 0 Å². The normalized spacial score (nSPS) is 12.5. The number of amides is 1. The number of hydrogen-bond donors (Lipinski definition) is 2. The molecule has 1 aromatic heterocycles. The summed E-state index contributed by atoms with van der Waals surface area (Å²) in [6, 6.07) is 0. The van der Waals surface area contributed by atoms with Crippen molar-refractivity contribution < 1.29 is 14.1 Å². The highest BCUT2D eigenvalue weighted by Gasteiger charge is 2.15. The first-order valence-corrected chi connectivity index (χ1v) is 5.04. The molecule has 0 fully saturated rings. The third kappa shape index (κ3) is 3.04. The number of carbonyl (C=O) groups is 1. The quantitative estimate of drug-likeness (QED) is 0.768. The lowest BCUT2D eigenvalue weighted by Crippen LogP contribution is -2.28. The first kappa shape index (κ1) is 12.7. The van der Waals surface area contributed by atoms with E-state index in [4.69, 9.17) is 15.0 Å². The fourth-order valence-corrected chi connectivity index (χ4v) is 1.18. The van der Waals surface area contributed by atoms with Gasteiger partial charge in [-0.15, -0.1) is 0 Å². The van der Waals surface area contributed by atoms with E-state index >= 15 is 0 Å². The van der Waals surface area contributed by atoms with Crippen LogP contribution in [0, 0.1) is 13.8 Å². The second kappa shape index (κ2) is 5.62. The first-order chi connectivity index (χ1) is 7.58. The number of rotatable bonds is 5. The van der Waals surface area contributed by atoms with Gasteiger partial charge in [-0.05, 0) is 13.8 Å². The zero-order chi connectivity index (χ0) is 12.1. The van der Waals surface area contributed by atoms with Crippen molar-refractivity contribution >= 4 is 11.8 Å². The summed E-state index contributed by atoms with van der Waals surface area (Å²) in [5.41, 5.74) is 7.01. The van der Waals surface area contributed by atoms with Crippen LogP contribution < -0.4 is 11.1 Å². The van der Waals surface area contributed by atoms with Crippen LogP contribution in [0.25, 0.3) is 0 Å². The van der Waals surface area contributed by atoms with Gasteiger partial charge in [-0.25, -0.2) is 0 Å². The molecule has 3 N–H and O–H groups in total. The van der Waals surface area contributed by atoms with Crippen LogP contribution in [0.2, 0.25) is 0 Å². The Hall–Kier alpha value is -1.40. The lowest BCUT2D eigenvalue weighted by molar-refractivity contribution is -0.118. The van der Waals surface area contributed by atoms with Crippen molar-refractivity contribution in [3.05, 3.63) is 11.3 Å². The van der Waals surface area contributed by atoms with Crippen LogP contribution in [0.5, 0.6) is 0 Å². The first-order valence-electron chi connectivity index (χ1n) is 5.04. The van der Waals surface area contributed by atoms with E-state index in [-0.39, 0.29) is 18.4 Å². The maximum Gasteiger partial charge on any atom is 0.234 e. The number of ether oxygens (including phenoxy) is 1. The van der Waals surface area contributed by atoms with Gasteiger partial charge in [0, 0.05) is 19.2 Å². The Morgan fingerprint density at radius 1 is 1.62 bits per heavy atom. The van der Waals surface area contributed by atoms with Crippen molar-refractivity contribution in [1.29, 1.82) is 0 Å². The topological polar surface area (TPSA) is 90.4 Å². The Kier molecular flexibility index (Phi) is 4.45. The van der Waals surface area contributed by atoms with Crippen molar-refractivity contribution in [1.82, 2.24) is 5.16 Å². The fourth-order valence-electron chi connectivity index (χ4n) is 1.18. The van der Waals surface area contributed by atoms with Gasteiger partial charge in [0.2, 0.25) is 11.8 Å². The Labute approximate surface area is 94.1 Å². The van der Waals surface area contributed by atoms with E-state index in [2.05, 4.69) is 10.5 Å². The number of hydrogen-bond acceptors (Lipinski definition) is 5. The molecule has 0 aliphatic carbocycles. The minimum absolute atomic E-state index is 0.198. The number of methoxy groups -OCH3 is 1. The smallest absolute Gasteiger partial charge is 0.234 e. The Morgan fingerprint density at radius 2 is 2.31 bits per heavy atom. The highest BCUT2D eigenvalue weighted by molar-refractivity contribution is 5.90. The molecule has 1 aromatic rings. The van der Waals surface area contributed by atoms with E-state index < -0.39 is 0 Å². The number of anilines is 1. The van der Waals surface area contributed by atoms with Crippen LogP contribution in [0.4, 0.5) is 5.88 Å². The van der Waals surface area contributed by atoms with Gasteiger partial charge < -0.3 is 15.0 Å². The van der Waals surface area contributed by atoms with Gasteiger partial charge in [0.25, 0.3) is 0 Å². The molecule has 1 heterocycles. The SMILES string of the molecule is COC(CN)CC(=O)Nc1onc(C)c1C. The lowest BCUT2D eigenvalue weighted by atomic mass is 10.2. The molecule has 0 aromatic carbocycles. The van der Waals surface area contributed by atoms with Gasteiger partial charge in [-0.2, -0.15) is 0 Å². The van der Waals surface area contributed by atoms with Gasteiger partial charge >= 0.3 is 0 Å². The Bertz CT molecular complexity index is 358. The number of nitrogens with two attached hydrogens (primary N) is 1. The third-order valence-corrected chi connectivity index (χ3v) is 2.42. The number of carbonyl (C=O) groups excluding carboxylic acids is 1. The summed E-state index contributed by atoms with van der Waals surface area (Å²) < 4.78 is 9.97. The molecule has 6 nitrogen and oxygen atoms in total. The maximum absolute atomic E-state index is 11.6. The lowest BCUT2D eigenvalue weighted by Gasteiger charge is -2.11. The van der Waals surface area contributed by atoms with Crippen LogP contribution in [-0.4, -0.2) is 30.8 Å². The van der Waals surface area contributed by atoms with Crippen molar-refractivity contribution in [2.24, 2.45) is 5.73 Å². The molecule has 1 rings (SSSR count). The number of aromatic nitrogens is 1. The van der Waals surface area contributed by atoms with E-state index in [0.29, 0.717) is 12.4 Å². The van der Waals surface area contributed by atoms with Crippen molar-refractivity contribution in [3.63, 3.8) is 0 Å². The molecule has 0 aliphatic rings. The maximum atomic E-state index is 11.6. The molecule has 0 radical (unpaired) electrons. The summed E-state index contributed by atoms with van der Waals surface area (Å²) >= 11 is 0. The van der Waals surface area contributed by atoms with E-state index in [1.54, 1.807) is 0 Å². The van der Waals surface area contributed by atoms with E-state index in [1.807, 2.05) is 13.8 Å². The number of nitrogens with one attached hydrogen (secondary N) is 1. The molecule has 90 valence electrons. The average Bonchev–Trinajstić information content (AvgIpc) is 2.58. The summed E-state index contributed by atoms with van der Waals surface area (Å²) in [6.45, 7) is 3.95. The highest BCUT2D eigenvalue weighted by atomic mass is 16.5. The number of aryl methyl sites for hydroxylation is 1. The largest absolute Gasteiger partial charge is 0.380 e. The summed E-state index contributed by atoms with van der Waals surface area (Å²) in [5, 5.41) is 6.37. The molecule has 16 heavy (non-hydrogen) atoms. The second-order valence-electron chi connectivity index (χ2n) is 3.57. The molecule has 0 spiro atoms. The van der Waals surface area contributed by atoms with Gasteiger partial charge in [0.1, 0.15) is 0 Å². The molecule has 0 aliphatic heterocycles. The van der Waals surface area contributed by atoms with Crippen LogP contribution in [0.3, 0.4) is 0 Å². The van der Waals surface area contributed by atoms with Gasteiger partial charge in [0.15, 0.2) is 0 Å². The molecule has 0 saturated heterocycles. The predicted molar refractivity (Wildman–Crippen MR) is 59.1 cm³/mol. The second-order valence-corrected chi connectivity index (χ2v) is 3.57. The highest BCUT2D eigenvalue weighted by Crippen LogP contribution is 2.17. The number of nitrogens with zero attached hydrogens (tertiary/aromatic N) is 1. The van der Waals surface area contributed by atoms with Crippen molar-refractivity contribution in [2.75, 3.05) is 19.0 Å². The summed E-state index contributed by atoms with van der Waals surface area (Å²) in [6.07, 6.45) is -0.0732. The Balaban J connectivity index is 2.55. The molecule has 6 heteroatoms. The zero-order valence-corrected chi connectivity index (χ0v) is 9.74. The average molecular weight is 227 g/mol. The van der Waals surface area contributed by atoms with Crippen molar-refractivity contribution in [3.8, 4) is 0 Å². The van der Waals surface area contributed by atoms with Gasteiger partial charge in [0.05, 0.1) is 18.2 Å². The molecular formula is C10H17N3O3. The molecule has 1 unspecified atom stereocenters. The molecular weight excluding hydrogens is 210 g/mol. The van der Waals surface area contributed by atoms with E-state index in [1.165, 1.54) is 7.11 Å². The fraction of sp³-hybridized carbons (Fsp3) is 0.600. The zero-order valence-electron chi connectivity index (χ0n) is 9.74. The molecule has 1 atom stereocenters. The summed E-state index contributed by atoms with van der Waals surface area (Å²) in [4.78, 5) is 11.6. The molecule has 0 saturated carbocycles.